The van der Waals surface area contributed by atoms with E-state index in [-0.39, 0.29) is 31.1 Å². The molecule has 0 spiro atoms. The number of esters is 3. The van der Waals surface area contributed by atoms with E-state index in [0.717, 1.165) is 103 Å². The molecule has 0 amide bonds. The van der Waals surface area contributed by atoms with Crippen molar-refractivity contribution in [2.75, 3.05) is 13.2 Å². The first-order valence-electron chi connectivity index (χ1n) is 28.0. The summed E-state index contributed by atoms with van der Waals surface area (Å²) in [6.45, 7) is 6.40. The molecule has 0 heterocycles. The van der Waals surface area contributed by atoms with Crippen LogP contribution < -0.4 is 0 Å². The summed E-state index contributed by atoms with van der Waals surface area (Å²) in [5.74, 6) is -0.900. The fourth-order valence-corrected chi connectivity index (χ4v) is 7.87. The van der Waals surface area contributed by atoms with Crippen molar-refractivity contribution in [2.24, 2.45) is 0 Å². The summed E-state index contributed by atoms with van der Waals surface area (Å²) in [6, 6.07) is 0. The van der Waals surface area contributed by atoms with Crippen molar-refractivity contribution in [3.8, 4) is 0 Å². The van der Waals surface area contributed by atoms with Gasteiger partial charge >= 0.3 is 17.9 Å². The largest absolute Gasteiger partial charge is 0.462 e. The fraction of sp³-hybridized carbons (Fsp3) is 0.750. The maximum Gasteiger partial charge on any atom is 0.306 e. The molecule has 0 saturated heterocycles. The van der Waals surface area contributed by atoms with Crippen LogP contribution in [0, 0.1) is 0 Å². The van der Waals surface area contributed by atoms with E-state index in [4.69, 9.17) is 14.2 Å². The van der Waals surface area contributed by atoms with Crippen molar-refractivity contribution in [3.63, 3.8) is 0 Å². The Bertz CT molecular complexity index is 1240. The summed E-state index contributed by atoms with van der Waals surface area (Å²) in [4.78, 5) is 38.1. The minimum absolute atomic E-state index is 0.0831. The lowest BCUT2D eigenvalue weighted by Gasteiger charge is -2.18. The molecule has 0 fully saturated rings. The van der Waals surface area contributed by atoms with Crippen molar-refractivity contribution in [1.29, 1.82) is 0 Å². The molecule has 1 atom stereocenters. The van der Waals surface area contributed by atoms with E-state index >= 15 is 0 Å². The number of carbonyl (C=O) groups is 3. The third kappa shape index (κ3) is 51.8. The van der Waals surface area contributed by atoms with Crippen molar-refractivity contribution in [1.82, 2.24) is 0 Å². The molecule has 0 saturated carbocycles. The Hall–Kier alpha value is -3.15. The van der Waals surface area contributed by atoms with Crippen LogP contribution in [-0.4, -0.2) is 37.2 Å². The van der Waals surface area contributed by atoms with Gasteiger partial charge in [-0.2, -0.15) is 0 Å². The van der Waals surface area contributed by atoms with Crippen LogP contribution in [0.25, 0.3) is 0 Å². The Morgan fingerprint density at radius 1 is 0.333 bits per heavy atom. The zero-order chi connectivity index (χ0) is 47.9. The Balaban J connectivity index is 4.37. The van der Waals surface area contributed by atoms with E-state index in [2.05, 4.69) is 93.7 Å². The van der Waals surface area contributed by atoms with E-state index in [9.17, 15) is 14.4 Å². The van der Waals surface area contributed by atoms with Gasteiger partial charge in [0.2, 0.25) is 0 Å². The van der Waals surface area contributed by atoms with Crippen LogP contribution in [0.3, 0.4) is 0 Å². The quantitative estimate of drug-likeness (QED) is 0.0199. The second kappa shape index (κ2) is 54.5. The van der Waals surface area contributed by atoms with E-state index in [0.29, 0.717) is 19.3 Å². The molecule has 0 radical (unpaired) electrons. The highest BCUT2D eigenvalue weighted by Gasteiger charge is 2.19. The van der Waals surface area contributed by atoms with Gasteiger partial charge in [-0.05, 0) is 70.6 Å². The van der Waals surface area contributed by atoms with Crippen LogP contribution in [0.1, 0.15) is 271 Å². The van der Waals surface area contributed by atoms with Crippen LogP contribution in [0.2, 0.25) is 0 Å². The molecule has 0 aromatic heterocycles. The zero-order valence-corrected chi connectivity index (χ0v) is 43.4. The minimum Gasteiger partial charge on any atom is -0.462 e. The van der Waals surface area contributed by atoms with E-state index in [1.54, 1.807) is 0 Å². The van der Waals surface area contributed by atoms with E-state index in [1.807, 2.05) is 0 Å². The average Bonchev–Trinajstić information content (AvgIpc) is 3.31. The van der Waals surface area contributed by atoms with E-state index < -0.39 is 6.10 Å². The zero-order valence-electron chi connectivity index (χ0n) is 43.4. The van der Waals surface area contributed by atoms with Crippen LogP contribution in [0.15, 0.2) is 72.9 Å². The highest BCUT2D eigenvalue weighted by Crippen LogP contribution is 2.16. The average molecular weight is 921 g/mol. The first-order chi connectivity index (χ1) is 32.5. The highest BCUT2D eigenvalue weighted by atomic mass is 16.6. The predicted octanol–water partition coefficient (Wildman–Crippen LogP) is 18.6. The fourth-order valence-electron chi connectivity index (χ4n) is 7.87. The topological polar surface area (TPSA) is 78.9 Å². The van der Waals surface area contributed by atoms with Crippen molar-refractivity contribution < 1.29 is 28.6 Å². The summed E-state index contributed by atoms with van der Waals surface area (Å²) >= 11 is 0. The number of rotatable bonds is 50. The Morgan fingerprint density at radius 3 is 1.09 bits per heavy atom. The molecule has 0 aliphatic rings. The van der Waals surface area contributed by atoms with Crippen molar-refractivity contribution in [2.45, 2.75) is 277 Å². The Labute approximate surface area is 408 Å². The molecular weight excluding hydrogens is 817 g/mol. The first kappa shape index (κ1) is 62.8. The Kier molecular flexibility index (Phi) is 51.9. The van der Waals surface area contributed by atoms with E-state index in [1.165, 1.54) is 128 Å². The lowest BCUT2D eigenvalue weighted by Crippen LogP contribution is -2.30. The molecule has 66 heavy (non-hydrogen) atoms. The minimum atomic E-state index is -0.784. The van der Waals surface area contributed by atoms with Gasteiger partial charge in [0.25, 0.3) is 0 Å². The standard InChI is InChI=1S/C60H104O6/c1-4-7-10-13-16-19-22-25-27-29-30-31-33-35-38-41-44-47-50-53-59(62)65-56-57(55-64-58(61)52-49-46-43-40-37-34-24-21-18-15-12-9-6-3)66-60(63)54-51-48-45-42-39-36-32-28-26-23-20-17-14-11-8-5-2/h7,9-10,12,15-16,18-19,21,24-25,27,57H,4-6,8,11,13-14,17,20,22-23,26,28-56H2,1-3H3/b10-7+,12-9+,18-15+,19-16+,24-21+,27-25+. The second-order valence-electron chi connectivity index (χ2n) is 18.5. The molecule has 0 bridgehead atoms. The second-order valence-corrected chi connectivity index (χ2v) is 18.5. The number of allylic oxidation sites excluding steroid dienone is 12. The summed E-state index contributed by atoms with van der Waals surface area (Å²) in [7, 11) is 0. The van der Waals surface area contributed by atoms with Gasteiger partial charge < -0.3 is 14.2 Å². The molecule has 0 aromatic rings. The lowest BCUT2D eigenvalue weighted by atomic mass is 10.0. The van der Waals surface area contributed by atoms with Crippen LogP contribution in [0.5, 0.6) is 0 Å². The molecule has 0 rings (SSSR count). The molecule has 6 nitrogen and oxygen atoms in total. The number of carbonyl (C=O) groups excluding carboxylic acids is 3. The third-order valence-corrected chi connectivity index (χ3v) is 12.0. The highest BCUT2D eigenvalue weighted by molar-refractivity contribution is 5.71. The maximum absolute atomic E-state index is 12.8. The molecule has 6 heteroatoms. The van der Waals surface area contributed by atoms with Crippen molar-refractivity contribution in [3.05, 3.63) is 72.9 Å². The van der Waals surface area contributed by atoms with Gasteiger partial charge in [-0.15, -0.1) is 0 Å². The molecule has 1 unspecified atom stereocenters. The van der Waals surface area contributed by atoms with Crippen LogP contribution in [0.4, 0.5) is 0 Å². The number of hydrogen-bond donors (Lipinski definition) is 0. The summed E-state index contributed by atoms with van der Waals surface area (Å²) in [5.41, 5.74) is 0. The van der Waals surface area contributed by atoms with Gasteiger partial charge in [-0.25, -0.2) is 0 Å². The number of unbranched alkanes of at least 4 members (excludes halogenated alkanes) is 29. The molecule has 380 valence electrons. The number of hydrogen-bond acceptors (Lipinski definition) is 6. The molecule has 0 aromatic carbocycles. The summed E-state index contributed by atoms with van der Waals surface area (Å²) in [6.07, 6.45) is 68.9. The van der Waals surface area contributed by atoms with Gasteiger partial charge in [-0.1, -0.05) is 254 Å². The molecular formula is C60H104O6. The summed E-state index contributed by atoms with van der Waals surface area (Å²) < 4.78 is 16.8. The van der Waals surface area contributed by atoms with Crippen LogP contribution in [-0.2, 0) is 28.6 Å². The lowest BCUT2D eigenvalue weighted by molar-refractivity contribution is -0.167. The SMILES string of the molecule is CC/C=C/C=C/C=C/CCCCCCCC(=O)OCC(COC(=O)CCCCCCCCCCC/C=C/C/C=C/C/C=C/CC)OC(=O)CCCCCCCCCCCCCCCCCC. The van der Waals surface area contributed by atoms with Gasteiger partial charge in [0.15, 0.2) is 6.10 Å². The van der Waals surface area contributed by atoms with Crippen molar-refractivity contribution >= 4 is 17.9 Å². The maximum atomic E-state index is 12.8. The van der Waals surface area contributed by atoms with Crippen LogP contribution >= 0.6 is 0 Å². The molecule has 0 N–H and O–H groups in total. The predicted molar refractivity (Wildman–Crippen MR) is 284 cm³/mol. The molecule has 0 aliphatic heterocycles. The first-order valence-corrected chi connectivity index (χ1v) is 28.0. The molecule has 0 aliphatic carbocycles. The van der Waals surface area contributed by atoms with Gasteiger partial charge in [0, 0.05) is 19.3 Å². The van der Waals surface area contributed by atoms with Gasteiger partial charge in [0.1, 0.15) is 13.2 Å². The smallest absolute Gasteiger partial charge is 0.306 e. The Morgan fingerprint density at radius 2 is 0.667 bits per heavy atom. The normalized spacial score (nSPS) is 12.6. The van der Waals surface area contributed by atoms with Gasteiger partial charge in [0.05, 0.1) is 0 Å². The number of ether oxygens (including phenoxy) is 3. The third-order valence-electron chi connectivity index (χ3n) is 12.0. The summed E-state index contributed by atoms with van der Waals surface area (Å²) in [5, 5.41) is 0. The van der Waals surface area contributed by atoms with Gasteiger partial charge in [-0.3, -0.25) is 14.4 Å². The monoisotopic (exact) mass is 921 g/mol.